The number of carbonyl (C=O) groups is 1. The highest BCUT2D eigenvalue weighted by Gasteiger charge is 2.28. The van der Waals surface area contributed by atoms with E-state index in [0.717, 1.165) is 21.0 Å². The molecule has 0 aliphatic carbocycles. The molecule has 1 amide bonds. The summed E-state index contributed by atoms with van der Waals surface area (Å²) < 4.78 is 33.0. The molecule has 0 aliphatic rings. The van der Waals surface area contributed by atoms with Gasteiger partial charge < -0.3 is 4.74 Å². The number of rotatable bonds is 8. The highest BCUT2D eigenvalue weighted by Crippen LogP contribution is 2.26. The number of anilines is 1. The zero-order chi connectivity index (χ0) is 23.1. The van der Waals surface area contributed by atoms with Crippen LogP contribution in [0.25, 0.3) is 0 Å². The topological polar surface area (TPSA) is 88.1 Å². The molecule has 0 aromatic heterocycles. The average Bonchev–Trinajstić information content (AvgIpc) is 2.78. The Hall–Kier alpha value is -3.65. The van der Waals surface area contributed by atoms with E-state index in [1.165, 1.54) is 18.3 Å². The van der Waals surface area contributed by atoms with E-state index in [-0.39, 0.29) is 4.90 Å². The Labute approximate surface area is 188 Å². The van der Waals surface area contributed by atoms with Crippen LogP contribution in [-0.4, -0.2) is 34.2 Å². The van der Waals surface area contributed by atoms with Crippen molar-refractivity contribution < 1.29 is 17.9 Å². The van der Waals surface area contributed by atoms with Gasteiger partial charge in [-0.15, -0.1) is 0 Å². The molecule has 3 aromatic carbocycles. The Balaban J connectivity index is 1.84. The fourth-order valence-electron chi connectivity index (χ4n) is 3.05. The first-order valence-corrected chi connectivity index (χ1v) is 11.4. The summed E-state index contributed by atoms with van der Waals surface area (Å²) in [4.78, 5) is 12.7. The summed E-state index contributed by atoms with van der Waals surface area (Å²) in [6.07, 6.45) is 1.47. The van der Waals surface area contributed by atoms with Crippen LogP contribution in [0.2, 0.25) is 0 Å². The van der Waals surface area contributed by atoms with Crippen LogP contribution in [0.4, 0.5) is 5.69 Å². The van der Waals surface area contributed by atoms with Gasteiger partial charge in [0.25, 0.3) is 15.9 Å². The number of methoxy groups -OCH3 is 1. The molecule has 0 saturated carbocycles. The van der Waals surface area contributed by atoms with Gasteiger partial charge in [-0.1, -0.05) is 48.0 Å². The molecule has 166 valence electrons. The number of sulfonamides is 1. The predicted molar refractivity (Wildman–Crippen MR) is 126 cm³/mol. The molecule has 3 aromatic rings. The molecule has 8 heteroatoms. The summed E-state index contributed by atoms with van der Waals surface area (Å²) >= 11 is 0. The Bertz CT molecular complexity index is 1220. The highest BCUT2D eigenvalue weighted by atomic mass is 32.2. The first-order chi connectivity index (χ1) is 15.3. The van der Waals surface area contributed by atoms with Gasteiger partial charge >= 0.3 is 0 Å². The summed E-state index contributed by atoms with van der Waals surface area (Å²) in [5, 5.41) is 3.95. The van der Waals surface area contributed by atoms with Gasteiger partial charge in [-0.05, 0) is 55.3 Å². The number of para-hydroxylation sites is 1. The van der Waals surface area contributed by atoms with Crippen molar-refractivity contribution in [2.75, 3.05) is 18.0 Å². The van der Waals surface area contributed by atoms with Crippen LogP contribution in [0, 0.1) is 13.8 Å². The molecule has 0 bridgehead atoms. The van der Waals surface area contributed by atoms with Crippen LogP contribution in [0.3, 0.4) is 0 Å². The van der Waals surface area contributed by atoms with Crippen LogP contribution in [0.1, 0.15) is 16.7 Å². The number of hydrazone groups is 1. The minimum Gasteiger partial charge on any atom is -0.497 e. The maximum atomic E-state index is 13.4. The first-order valence-electron chi connectivity index (χ1n) is 9.92. The number of benzene rings is 3. The lowest BCUT2D eigenvalue weighted by atomic mass is 10.2. The number of nitrogens with zero attached hydrogens (tertiary/aromatic N) is 2. The normalized spacial score (nSPS) is 11.3. The summed E-state index contributed by atoms with van der Waals surface area (Å²) in [5.41, 5.74) is 5.24. The quantitative estimate of drug-likeness (QED) is 0.418. The Kier molecular flexibility index (Phi) is 7.27. The first kappa shape index (κ1) is 23.0. The van der Waals surface area contributed by atoms with E-state index >= 15 is 0 Å². The summed E-state index contributed by atoms with van der Waals surface area (Å²) in [7, 11) is -2.41. The van der Waals surface area contributed by atoms with Crippen molar-refractivity contribution in [3.63, 3.8) is 0 Å². The van der Waals surface area contributed by atoms with E-state index in [4.69, 9.17) is 4.74 Å². The van der Waals surface area contributed by atoms with Gasteiger partial charge in [0, 0.05) is 0 Å². The van der Waals surface area contributed by atoms with E-state index in [9.17, 15) is 13.2 Å². The molecule has 3 rings (SSSR count). The molecular weight excluding hydrogens is 426 g/mol. The van der Waals surface area contributed by atoms with Gasteiger partial charge in [0.15, 0.2) is 0 Å². The minimum atomic E-state index is -3.97. The van der Waals surface area contributed by atoms with E-state index < -0.39 is 22.5 Å². The lowest BCUT2D eigenvalue weighted by Crippen LogP contribution is -2.40. The number of carbonyl (C=O) groups excluding carboxylic acids is 1. The molecule has 0 radical (unpaired) electrons. The third-order valence-corrected chi connectivity index (χ3v) is 6.55. The van der Waals surface area contributed by atoms with Gasteiger partial charge in [-0.3, -0.25) is 9.10 Å². The van der Waals surface area contributed by atoms with Gasteiger partial charge in [-0.2, -0.15) is 5.10 Å². The van der Waals surface area contributed by atoms with E-state index in [1.54, 1.807) is 68.6 Å². The predicted octanol–water partition coefficient (Wildman–Crippen LogP) is 3.66. The second-order valence-electron chi connectivity index (χ2n) is 7.18. The molecular formula is C24H25N3O4S. The monoisotopic (exact) mass is 451 g/mol. The Morgan fingerprint density at radius 1 is 1.03 bits per heavy atom. The summed E-state index contributed by atoms with van der Waals surface area (Å²) in [6, 6.07) is 20.7. The summed E-state index contributed by atoms with van der Waals surface area (Å²) in [5.74, 6) is 0.0956. The van der Waals surface area contributed by atoms with Gasteiger partial charge in [-0.25, -0.2) is 13.8 Å². The second kappa shape index (κ2) is 10.1. The second-order valence-corrected chi connectivity index (χ2v) is 9.04. The number of amides is 1. The van der Waals surface area contributed by atoms with Gasteiger partial charge in [0.2, 0.25) is 0 Å². The van der Waals surface area contributed by atoms with Crippen molar-refractivity contribution in [1.82, 2.24) is 5.43 Å². The fraction of sp³-hybridized carbons (Fsp3) is 0.167. The van der Waals surface area contributed by atoms with Crippen LogP contribution in [-0.2, 0) is 14.8 Å². The maximum absolute atomic E-state index is 13.4. The maximum Gasteiger partial charge on any atom is 0.264 e. The van der Waals surface area contributed by atoms with Crippen molar-refractivity contribution in [1.29, 1.82) is 0 Å². The number of hydrogen-bond donors (Lipinski definition) is 1. The molecule has 0 saturated heterocycles. The van der Waals surface area contributed by atoms with E-state index in [0.29, 0.717) is 11.4 Å². The lowest BCUT2D eigenvalue weighted by Gasteiger charge is -2.25. The molecule has 32 heavy (non-hydrogen) atoms. The smallest absolute Gasteiger partial charge is 0.264 e. The third kappa shape index (κ3) is 5.53. The molecule has 0 aliphatic heterocycles. The number of aryl methyl sites for hydroxylation is 2. The van der Waals surface area contributed by atoms with Crippen molar-refractivity contribution in [3.8, 4) is 5.75 Å². The summed E-state index contributed by atoms with van der Waals surface area (Å²) in [6.45, 7) is 3.26. The van der Waals surface area contributed by atoms with Crippen molar-refractivity contribution in [2.24, 2.45) is 5.10 Å². The zero-order valence-corrected chi connectivity index (χ0v) is 19.0. The van der Waals surface area contributed by atoms with Crippen LogP contribution >= 0.6 is 0 Å². The number of hydrogen-bond acceptors (Lipinski definition) is 5. The minimum absolute atomic E-state index is 0.110. The van der Waals surface area contributed by atoms with E-state index in [1.807, 2.05) is 13.0 Å². The van der Waals surface area contributed by atoms with E-state index in [2.05, 4.69) is 10.5 Å². The largest absolute Gasteiger partial charge is 0.497 e. The van der Waals surface area contributed by atoms with Gasteiger partial charge in [0.05, 0.1) is 23.9 Å². The number of ether oxygens (including phenoxy) is 1. The molecule has 1 N–H and O–H groups in total. The highest BCUT2D eigenvalue weighted by molar-refractivity contribution is 7.92. The van der Waals surface area contributed by atoms with Crippen molar-refractivity contribution in [3.05, 3.63) is 89.5 Å². The van der Waals surface area contributed by atoms with Crippen LogP contribution in [0.15, 0.2) is 82.8 Å². The Morgan fingerprint density at radius 2 is 1.75 bits per heavy atom. The Morgan fingerprint density at radius 3 is 2.44 bits per heavy atom. The zero-order valence-electron chi connectivity index (χ0n) is 18.1. The average molecular weight is 452 g/mol. The fourth-order valence-corrected chi connectivity index (χ4v) is 4.53. The number of nitrogens with one attached hydrogen (secondary N) is 1. The molecule has 0 heterocycles. The van der Waals surface area contributed by atoms with Gasteiger partial charge in [0.1, 0.15) is 12.3 Å². The van der Waals surface area contributed by atoms with Crippen LogP contribution in [0.5, 0.6) is 5.75 Å². The third-order valence-electron chi connectivity index (χ3n) is 4.78. The lowest BCUT2D eigenvalue weighted by molar-refractivity contribution is -0.119. The SMILES string of the molecule is COc1cccc(/C=N\NC(=O)CN(c2ccccc2C)S(=O)(=O)c2ccc(C)cc2)c1. The van der Waals surface area contributed by atoms with Crippen molar-refractivity contribution >= 4 is 27.8 Å². The van der Waals surface area contributed by atoms with Crippen molar-refractivity contribution in [2.45, 2.75) is 18.7 Å². The molecule has 0 atom stereocenters. The molecule has 0 unspecified atom stereocenters. The standard InChI is InChI=1S/C24H25N3O4S/c1-18-11-13-22(14-12-18)32(29,30)27(23-10-5-4-7-19(23)2)17-24(28)26-25-16-20-8-6-9-21(15-20)31-3/h4-16H,17H2,1-3H3,(H,26,28)/b25-16-. The van der Waals surface area contributed by atoms with Crippen LogP contribution < -0.4 is 14.5 Å². The molecule has 0 spiro atoms. The molecule has 0 fully saturated rings. The molecule has 7 nitrogen and oxygen atoms in total.